The first-order valence-electron chi connectivity index (χ1n) is 11.2. The van der Waals surface area contributed by atoms with E-state index < -0.39 is 12.8 Å². The summed E-state index contributed by atoms with van der Waals surface area (Å²) in [7, 11) is 0. The summed E-state index contributed by atoms with van der Waals surface area (Å²) in [6, 6.07) is 27.0. The van der Waals surface area contributed by atoms with E-state index in [9.17, 15) is 18.3 Å². The Morgan fingerprint density at radius 2 is 1.33 bits per heavy atom. The summed E-state index contributed by atoms with van der Waals surface area (Å²) in [5.41, 5.74) is 3.29. The number of ether oxygens (including phenoxy) is 3. The second kappa shape index (κ2) is 11.6. The summed E-state index contributed by atoms with van der Waals surface area (Å²) < 4.78 is 54.9. The molecule has 8 heteroatoms. The number of hydrogen-bond acceptors (Lipinski definition) is 5. The summed E-state index contributed by atoms with van der Waals surface area (Å²) >= 11 is 0. The van der Waals surface area contributed by atoms with Crippen LogP contribution in [0, 0.1) is 0 Å². The van der Waals surface area contributed by atoms with Crippen molar-refractivity contribution in [2.24, 2.45) is 0 Å². The van der Waals surface area contributed by atoms with Crippen molar-refractivity contribution in [1.29, 1.82) is 0 Å². The van der Waals surface area contributed by atoms with Crippen LogP contribution in [0.25, 0.3) is 11.1 Å². The van der Waals surface area contributed by atoms with E-state index >= 15 is 0 Å². The van der Waals surface area contributed by atoms with E-state index in [4.69, 9.17) is 14.2 Å². The van der Waals surface area contributed by atoms with Crippen molar-refractivity contribution >= 4 is 0 Å². The smallest absolute Gasteiger partial charge is 0.422 e. The molecule has 1 N–H and O–H groups in total. The first-order valence-corrected chi connectivity index (χ1v) is 11.2. The quantitative estimate of drug-likeness (QED) is 0.278. The van der Waals surface area contributed by atoms with Crippen LogP contribution in [0.15, 0.2) is 91.0 Å². The molecular weight excluding hydrogens is 471 g/mol. The van der Waals surface area contributed by atoms with Gasteiger partial charge >= 0.3 is 6.18 Å². The molecule has 0 amide bonds. The van der Waals surface area contributed by atoms with Crippen LogP contribution in [0.1, 0.15) is 16.7 Å². The minimum Gasteiger partial charge on any atom is -0.484 e. The van der Waals surface area contributed by atoms with Gasteiger partial charge in [-0.05, 0) is 46.5 Å². The van der Waals surface area contributed by atoms with Crippen molar-refractivity contribution in [2.75, 3.05) is 6.61 Å². The third-order valence-corrected chi connectivity index (χ3v) is 5.15. The molecule has 0 aliphatic carbocycles. The number of aliphatic hydroxyl groups excluding tert-OH is 1. The summed E-state index contributed by atoms with van der Waals surface area (Å²) in [5.74, 6) is 0.547. The number of nitrogens with zero attached hydrogens (tertiary/aromatic N) is 1. The molecule has 5 nitrogen and oxygen atoms in total. The van der Waals surface area contributed by atoms with Crippen LogP contribution in [0.2, 0.25) is 0 Å². The van der Waals surface area contributed by atoms with Crippen LogP contribution in [0.4, 0.5) is 13.2 Å². The molecular formula is C28H24F3NO4. The number of aliphatic hydroxyl groups is 1. The van der Waals surface area contributed by atoms with Gasteiger partial charge in [-0.15, -0.1) is 0 Å². The Labute approximate surface area is 206 Å². The molecule has 0 atom stereocenters. The van der Waals surface area contributed by atoms with Gasteiger partial charge in [0, 0.05) is 11.6 Å². The Hall–Kier alpha value is -4.04. The predicted octanol–water partition coefficient (Wildman–Crippen LogP) is 6.34. The third kappa shape index (κ3) is 7.23. The summed E-state index contributed by atoms with van der Waals surface area (Å²) in [6.45, 7) is -1.29. The molecule has 0 unspecified atom stereocenters. The fourth-order valence-electron chi connectivity index (χ4n) is 3.45. The van der Waals surface area contributed by atoms with E-state index in [1.54, 1.807) is 18.2 Å². The van der Waals surface area contributed by atoms with Gasteiger partial charge in [-0.2, -0.15) is 18.2 Å². The molecule has 0 saturated carbocycles. The van der Waals surface area contributed by atoms with Crippen LogP contribution in [-0.2, 0) is 19.8 Å². The lowest BCUT2D eigenvalue weighted by Crippen LogP contribution is -2.19. The SMILES string of the molecule is OCc1cc(OCC(F)(F)F)cc(-c2ccc(OCc3ccccc3)nc2OCc2ccccc2)c1. The van der Waals surface area contributed by atoms with Gasteiger partial charge in [0.2, 0.25) is 11.8 Å². The lowest BCUT2D eigenvalue weighted by atomic mass is 10.0. The Morgan fingerprint density at radius 3 is 1.94 bits per heavy atom. The average Bonchev–Trinajstić information content (AvgIpc) is 2.90. The maximum Gasteiger partial charge on any atom is 0.422 e. The maximum absolute atomic E-state index is 12.7. The zero-order chi connectivity index (χ0) is 25.4. The molecule has 1 heterocycles. The molecule has 0 saturated heterocycles. The highest BCUT2D eigenvalue weighted by molar-refractivity contribution is 5.71. The van der Waals surface area contributed by atoms with Gasteiger partial charge < -0.3 is 19.3 Å². The third-order valence-electron chi connectivity index (χ3n) is 5.15. The van der Waals surface area contributed by atoms with Gasteiger partial charge in [0.25, 0.3) is 0 Å². The Bertz CT molecular complexity index is 1270. The Kier molecular flexibility index (Phi) is 8.07. The van der Waals surface area contributed by atoms with Gasteiger partial charge in [0.15, 0.2) is 6.61 Å². The van der Waals surface area contributed by atoms with Gasteiger partial charge in [-0.1, -0.05) is 60.7 Å². The molecule has 186 valence electrons. The van der Waals surface area contributed by atoms with Gasteiger partial charge in [-0.25, -0.2) is 0 Å². The monoisotopic (exact) mass is 495 g/mol. The van der Waals surface area contributed by atoms with E-state index in [0.29, 0.717) is 29.2 Å². The second-order valence-corrected chi connectivity index (χ2v) is 7.98. The van der Waals surface area contributed by atoms with Crippen molar-refractivity contribution in [2.45, 2.75) is 26.0 Å². The molecule has 4 rings (SSSR count). The van der Waals surface area contributed by atoms with Crippen molar-refractivity contribution in [3.63, 3.8) is 0 Å². The van der Waals surface area contributed by atoms with Crippen LogP contribution >= 0.6 is 0 Å². The maximum atomic E-state index is 12.7. The topological polar surface area (TPSA) is 60.8 Å². The van der Waals surface area contributed by atoms with E-state index in [-0.39, 0.29) is 24.8 Å². The summed E-state index contributed by atoms with van der Waals surface area (Å²) in [5, 5.41) is 9.66. The largest absolute Gasteiger partial charge is 0.484 e. The molecule has 0 radical (unpaired) electrons. The highest BCUT2D eigenvalue weighted by Gasteiger charge is 2.28. The number of alkyl halides is 3. The molecule has 3 aromatic carbocycles. The number of hydrogen-bond donors (Lipinski definition) is 1. The highest BCUT2D eigenvalue weighted by atomic mass is 19.4. The number of benzene rings is 3. The number of aromatic nitrogens is 1. The molecule has 0 bridgehead atoms. The molecule has 0 spiro atoms. The summed E-state index contributed by atoms with van der Waals surface area (Å²) in [6.07, 6.45) is -4.49. The van der Waals surface area contributed by atoms with Crippen LogP contribution in [0.5, 0.6) is 17.5 Å². The fraction of sp³-hybridized carbons (Fsp3) is 0.179. The average molecular weight is 495 g/mol. The standard InChI is InChI=1S/C28H24F3NO4/c29-28(30,31)19-36-24-14-22(16-33)13-23(15-24)25-11-12-26(34-17-20-7-3-1-4-8-20)32-27(25)35-18-21-9-5-2-6-10-21/h1-15,33H,16-19H2. The van der Waals surface area contributed by atoms with E-state index in [1.165, 1.54) is 12.1 Å². The molecule has 4 aromatic rings. The predicted molar refractivity (Wildman–Crippen MR) is 129 cm³/mol. The van der Waals surface area contributed by atoms with Crippen LogP contribution < -0.4 is 14.2 Å². The Balaban J connectivity index is 1.64. The van der Waals surface area contributed by atoms with E-state index in [1.807, 2.05) is 60.7 Å². The van der Waals surface area contributed by atoms with Crippen molar-refractivity contribution in [3.05, 3.63) is 108 Å². The molecule has 0 fully saturated rings. The second-order valence-electron chi connectivity index (χ2n) is 7.98. The molecule has 0 aliphatic heterocycles. The molecule has 0 aliphatic rings. The lowest BCUT2D eigenvalue weighted by molar-refractivity contribution is -0.153. The summed E-state index contributed by atoms with van der Waals surface area (Å²) in [4.78, 5) is 4.52. The fourth-order valence-corrected chi connectivity index (χ4v) is 3.45. The number of halogens is 3. The Morgan fingerprint density at radius 1 is 0.694 bits per heavy atom. The van der Waals surface area contributed by atoms with E-state index in [0.717, 1.165) is 11.1 Å². The normalized spacial score (nSPS) is 11.2. The number of rotatable bonds is 10. The first kappa shape index (κ1) is 25.1. The molecule has 1 aromatic heterocycles. The zero-order valence-corrected chi connectivity index (χ0v) is 19.2. The zero-order valence-electron chi connectivity index (χ0n) is 19.2. The number of pyridine rings is 1. The van der Waals surface area contributed by atoms with Crippen LogP contribution in [-0.4, -0.2) is 22.9 Å². The van der Waals surface area contributed by atoms with Crippen LogP contribution in [0.3, 0.4) is 0 Å². The van der Waals surface area contributed by atoms with Crippen molar-refractivity contribution < 1.29 is 32.5 Å². The van der Waals surface area contributed by atoms with Gasteiger partial charge in [0.1, 0.15) is 19.0 Å². The minimum absolute atomic E-state index is 0.0210. The van der Waals surface area contributed by atoms with Crippen molar-refractivity contribution in [3.8, 4) is 28.6 Å². The van der Waals surface area contributed by atoms with Crippen molar-refractivity contribution in [1.82, 2.24) is 4.98 Å². The molecule has 36 heavy (non-hydrogen) atoms. The lowest BCUT2D eigenvalue weighted by Gasteiger charge is -2.15. The minimum atomic E-state index is -4.49. The van der Waals surface area contributed by atoms with Gasteiger partial charge in [-0.3, -0.25) is 0 Å². The van der Waals surface area contributed by atoms with Gasteiger partial charge in [0.05, 0.1) is 6.61 Å². The highest BCUT2D eigenvalue weighted by Crippen LogP contribution is 2.35. The van der Waals surface area contributed by atoms with E-state index in [2.05, 4.69) is 4.98 Å². The first-order chi connectivity index (χ1) is 17.4.